The molecular weight excluding hydrogens is 286 g/mol. The van der Waals surface area contributed by atoms with E-state index in [0.29, 0.717) is 17.3 Å². The number of hydrogen-bond acceptors (Lipinski definition) is 6. The Morgan fingerprint density at radius 1 is 1.24 bits per heavy atom. The summed E-state index contributed by atoms with van der Waals surface area (Å²) in [7, 11) is 0. The van der Waals surface area contributed by atoms with Crippen LogP contribution >= 0.6 is 11.8 Å². The highest BCUT2D eigenvalue weighted by Crippen LogP contribution is 2.26. The van der Waals surface area contributed by atoms with Crippen molar-refractivity contribution in [2.45, 2.75) is 17.6 Å². The Labute approximate surface area is 126 Å². The van der Waals surface area contributed by atoms with Crippen molar-refractivity contribution in [3.05, 3.63) is 54.0 Å². The highest BCUT2D eigenvalue weighted by atomic mass is 32.2. The van der Waals surface area contributed by atoms with Gasteiger partial charge in [0.05, 0.1) is 5.75 Å². The Balaban J connectivity index is 1.72. The first-order valence-electron chi connectivity index (χ1n) is 6.39. The lowest BCUT2D eigenvalue weighted by molar-refractivity contribution is 0.417. The van der Waals surface area contributed by atoms with Gasteiger partial charge in [0.2, 0.25) is 0 Å². The predicted octanol–water partition coefficient (Wildman–Crippen LogP) is 3.44. The van der Waals surface area contributed by atoms with E-state index in [2.05, 4.69) is 34.2 Å². The number of pyridine rings is 1. The van der Waals surface area contributed by atoms with Crippen LogP contribution in [0.15, 0.2) is 52.0 Å². The standard InChI is InChI=1S/C15H13N3O2S/c1-10-4-2-5-11(8-10)21-9-13-17-15(20-18-13)14-12(19)6-3-7-16-14/h2-8,19H,9H2,1H3. The van der Waals surface area contributed by atoms with Crippen molar-refractivity contribution in [1.82, 2.24) is 15.1 Å². The molecule has 3 aromatic rings. The van der Waals surface area contributed by atoms with Crippen molar-refractivity contribution >= 4 is 11.8 Å². The number of aryl methyl sites for hydroxylation is 1. The molecule has 106 valence electrons. The molecule has 0 unspecified atom stereocenters. The van der Waals surface area contributed by atoms with Gasteiger partial charge in [-0.05, 0) is 31.2 Å². The fourth-order valence-electron chi connectivity index (χ4n) is 1.82. The van der Waals surface area contributed by atoms with E-state index in [1.807, 2.05) is 12.1 Å². The molecule has 1 aromatic carbocycles. The fraction of sp³-hybridized carbons (Fsp3) is 0.133. The first kappa shape index (κ1) is 13.6. The summed E-state index contributed by atoms with van der Waals surface area (Å²) in [5.74, 6) is 1.43. The minimum Gasteiger partial charge on any atom is -0.505 e. The molecule has 2 heterocycles. The third-order valence-electron chi connectivity index (χ3n) is 2.81. The van der Waals surface area contributed by atoms with E-state index in [9.17, 15) is 5.11 Å². The average Bonchev–Trinajstić information content (AvgIpc) is 2.94. The Bertz CT molecular complexity index is 758. The molecule has 3 rings (SSSR count). The molecule has 0 aliphatic carbocycles. The van der Waals surface area contributed by atoms with Crippen LogP contribution in [0.25, 0.3) is 11.6 Å². The second-order valence-electron chi connectivity index (χ2n) is 4.49. The van der Waals surface area contributed by atoms with Gasteiger partial charge in [-0.25, -0.2) is 4.98 Å². The number of aromatic hydroxyl groups is 1. The average molecular weight is 299 g/mol. The van der Waals surface area contributed by atoms with Gasteiger partial charge < -0.3 is 9.63 Å². The quantitative estimate of drug-likeness (QED) is 0.744. The molecule has 0 spiro atoms. The van der Waals surface area contributed by atoms with E-state index in [-0.39, 0.29) is 11.6 Å². The van der Waals surface area contributed by atoms with Crippen molar-refractivity contribution in [2.24, 2.45) is 0 Å². The van der Waals surface area contributed by atoms with Crippen molar-refractivity contribution in [2.75, 3.05) is 0 Å². The van der Waals surface area contributed by atoms with Crippen LogP contribution in [-0.2, 0) is 5.75 Å². The zero-order valence-corrected chi connectivity index (χ0v) is 12.2. The number of thioether (sulfide) groups is 1. The zero-order valence-electron chi connectivity index (χ0n) is 11.4. The van der Waals surface area contributed by atoms with Gasteiger partial charge in [0.25, 0.3) is 5.89 Å². The van der Waals surface area contributed by atoms with Gasteiger partial charge in [-0.1, -0.05) is 22.9 Å². The molecule has 0 saturated heterocycles. The maximum Gasteiger partial charge on any atom is 0.280 e. The molecule has 0 amide bonds. The van der Waals surface area contributed by atoms with Crippen LogP contribution in [-0.4, -0.2) is 20.2 Å². The number of hydrogen-bond donors (Lipinski definition) is 1. The summed E-state index contributed by atoms with van der Waals surface area (Å²) in [4.78, 5) is 9.45. The first-order valence-corrected chi connectivity index (χ1v) is 7.37. The summed E-state index contributed by atoms with van der Waals surface area (Å²) in [6.07, 6.45) is 1.57. The molecule has 6 heteroatoms. The lowest BCUT2D eigenvalue weighted by Crippen LogP contribution is -1.86. The van der Waals surface area contributed by atoms with E-state index in [4.69, 9.17) is 4.52 Å². The molecule has 0 atom stereocenters. The summed E-state index contributed by atoms with van der Waals surface area (Å²) in [5, 5.41) is 13.6. The van der Waals surface area contributed by atoms with E-state index in [1.54, 1.807) is 24.0 Å². The third kappa shape index (κ3) is 3.22. The van der Waals surface area contributed by atoms with Crippen LogP contribution < -0.4 is 0 Å². The highest BCUT2D eigenvalue weighted by Gasteiger charge is 2.13. The molecule has 21 heavy (non-hydrogen) atoms. The summed E-state index contributed by atoms with van der Waals surface area (Å²) in [5.41, 5.74) is 1.52. The topological polar surface area (TPSA) is 72.0 Å². The summed E-state index contributed by atoms with van der Waals surface area (Å²) < 4.78 is 5.15. The van der Waals surface area contributed by atoms with Gasteiger partial charge >= 0.3 is 0 Å². The molecule has 0 saturated carbocycles. The fourth-order valence-corrected chi connectivity index (χ4v) is 2.68. The van der Waals surface area contributed by atoms with Gasteiger partial charge in [-0.15, -0.1) is 11.8 Å². The SMILES string of the molecule is Cc1cccc(SCc2noc(-c3ncccc3O)n2)c1. The Morgan fingerprint density at radius 3 is 2.95 bits per heavy atom. The molecule has 5 nitrogen and oxygen atoms in total. The van der Waals surface area contributed by atoms with Crippen LogP contribution in [0.2, 0.25) is 0 Å². The summed E-state index contributed by atoms with van der Waals surface area (Å²) >= 11 is 1.63. The molecule has 0 fully saturated rings. The smallest absolute Gasteiger partial charge is 0.280 e. The van der Waals surface area contributed by atoms with Crippen molar-refractivity contribution < 1.29 is 9.63 Å². The number of nitrogens with zero attached hydrogens (tertiary/aromatic N) is 3. The number of rotatable bonds is 4. The minimum absolute atomic E-state index is 0.0269. The molecule has 0 bridgehead atoms. The van der Waals surface area contributed by atoms with Crippen LogP contribution in [0.4, 0.5) is 0 Å². The maximum absolute atomic E-state index is 9.72. The molecule has 1 N–H and O–H groups in total. The summed E-state index contributed by atoms with van der Waals surface area (Å²) in [6, 6.07) is 11.4. The Kier molecular flexibility index (Phi) is 3.87. The van der Waals surface area contributed by atoms with Crippen LogP contribution in [0.5, 0.6) is 5.75 Å². The predicted molar refractivity (Wildman–Crippen MR) is 79.9 cm³/mol. The van der Waals surface area contributed by atoms with Gasteiger partial charge in [-0.3, -0.25) is 0 Å². The Hall–Kier alpha value is -2.34. The molecule has 0 aliphatic rings. The van der Waals surface area contributed by atoms with Crippen LogP contribution in [0.3, 0.4) is 0 Å². The number of aromatic nitrogens is 3. The molecule has 0 aliphatic heterocycles. The monoisotopic (exact) mass is 299 g/mol. The van der Waals surface area contributed by atoms with Crippen LogP contribution in [0.1, 0.15) is 11.4 Å². The van der Waals surface area contributed by atoms with E-state index < -0.39 is 0 Å². The lowest BCUT2D eigenvalue weighted by Gasteiger charge is -1.99. The van der Waals surface area contributed by atoms with Gasteiger partial charge in [0.15, 0.2) is 11.5 Å². The van der Waals surface area contributed by atoms with Gasteiger partial charge in [0, 0.05) is 11.1 Å². The van der Waals surface area contributed by atoms with Crippen LogP contribution in [0, 0.1) is 6.92 Å². The largest absolute Gasteiger partial charge is 0.505 e. The van der Waals surface area contributed by atoms with E-state index in [0.717, 1.165) is 4.90 Å². The maximum atomic E-state index is 9.72. The molecule has 0 radical (unpaired) electrons. The zero-order chi connectivity index (χ0) is 14.7. The molecule has 2 aromatic heterocycles. The van der Waals surface area contributed by atoms with Crippen molar-refractivity contribution in [3.63, 3.8) is 0 Å². The van der Waals surface area contributed by atoms with Crippen molar-refractivity contribution in [1.29, 1.82) is 0 Å². The van der Waals surface area contributed by atoms with Crippen molar-refractivity contribution in [3.8, 4) is 17.3 Å². The second-order valence-corrected chi connectivity index (χ2v) is 5.54. The number of benzene rings is 1. The van der Waals surface area contributed by atoms with Gasteiger partial charge in [0.1, 0.15) is 5.75 Å². The van der Waals surface area contributed by atoms with E-state index >= 15 is 0 Å². The van der Waals surface area contributed by atoms with E-state index in [1.165, 1.54) is 11.6 Å². The molecular formula is C15H13N3O2S. The lowest BCUT2D eigenvalue weighted by atomic mass is 10.2. The second kappa shape index (κ2) is 5.97. The normalized spacial score (nSPS) is 10.7. The Morgan fingerprint density at radius 2 is 2.14 bits per heavy atom. The summed E-state index contributed by atoms with van der Waals surface area (Å²) in [6.45, 7) is 2.06. The third-order valence-corrected chi connectivity index (χ3v) is 3.80. The highest BCUT2D eigenvalue weighted by molar-refractivity contribution is 7.98. The minimum atomic E-state index is 0.0269. The first-order chi connectivity index (χ1) is 10.2. The van der Waals surface area contributed by atoms with Gasteiger partial charge in [-0.2, -0.15) is 4.98 Å².